The average molecular weight is 388 g/mol. The zero-order valence-corrected chi connectivity index (χ0v) is 16.3. The van der Waals surface area contributed by atoms with Crippen molar-refractivity contribution in [2.24, 2.45) is 0 Å². The van der Waals surface area contributed by atoms with Crippen LogP contribution >= 0.6 is 11.3 Å². The molecule has 1 aromatic carbocycles. The Hall–Kier alpha value is -2.45. The number of likely N-dealkylation sites (N-methyl/N-ethyl adjacent to an activating group) is 1. The molecular weight excluding hydrogens is 364 g/mol. The number of fused-ring (bicyclic) bond motifs is 1. The van der Waals surface area contributed by atoms with E-state index in [1.807, 2.05) is 30.3 Å². The summed E-state index contributed by atoms with van der Waals surface area (Å²) in [5, 5.41) is 5.91. The fourth-order valence-electron chi connectivity index (χ4n) is 2.79. The van der Waals surface area contributed by atoms with E-state index in [1.165, 1.54) is 16.2 Å². The highest BCUT2D eigenvalue weighted by atomic mass is 32.1. The van der Waals surface area contributed by atoms with Gasteiger partial charge < -0.3 is 15.4 Å². The number of hydrogen-bond acceptors (Lipinski definition) is 6. The van der Waals surface area contributed by atoms with Crippen LogP contribution in [-0.4, -0.2) is 41.0 Å². The maximum absolute atomic E-state index is 12.3. The van der Waals surface area contributed by atoms with Gasteiger partial charge in [-0.1, -0.05) is 37.3 Å². The van der Waals surface area contributed by atoms with Gasteiger partial charge in [0.1, 0.15) is 12.6 Å². The van der Waals surface area contributed by atoms with Gasteiger partial charge in [0, 0.05) is 24.4 Å². The molecule has 0 unspecified atom stereocenters. The fourth-order valence-corrected chi connectivity index (χ4v) is 3.85. The number of carbonyl (C=O) groups excluding carboxylic acids is 2. The van der Waals surface area contributed by atoms with Crippen molar-refractivity contribution in [2.45, 2.75) is 39.5 Å². The second-order valence-corrected chi connectivity index (χ2v) is 7.51. The third kappa shape index (κ3) is 5.27. The van der Waals surface area contributed by atoms with Crippen molar-refractivity contribution < 1.29 is 14.3 Å². The predicted molar refractivity (Wildman–Crippen MR) is 105 cm³/mol. The number of nitrogens with zero attached hydrogens (tertiary/aromatic N) is 2. The molecule has 1 atom stereocenters. The number of carbonyl (C=O) groups is 2. The summed E-state index contributed by atoms with van der Waals surface area (Å²) in [5.74, 6) is -0.315. The van der Waals surface area contributed by atoms with Crippen molar-refractivity contribution in [3.05, 3.63) is 46.5 Å². The third-order valence-electron chi connectivity index (χ3n) is 4.43. The number of alkyl carbamates (subject to hydrolysis) is 1. The molecule has 1 aliphatic rings. The number of thiazole rings is 1. The average Bonchev–Trinajstić information content (AvgIpc) is 3.08. The minimum Gasteiger partial charge on any atom is -0.445 e. The molecule has 8 heteroatoms. The van der Waals surface area contributed by atoms with Crippen molar-refractivity contribution in [3.8, 4) is 0 Å². The summed E-state index contributed by atoms with van der Waals surface area (Å²) in [6.45, 7) is 6.79. The first-order valence-electron chi connectivity index (χ1n) is 9.04. The van der Waals surface area contributed by atoms with Crippen LogP contribution in [0.5, 0.6) is 0 Å². The Bertz CT molecular complexity index is 794. The molecule has 0 aliphatic carbocycles. The zero-order valence-electron chi connectivity index (χ0n) is 15.5. The summed E-state index contributed by atoms with van der Waals surface area (Å²) < 4.78 is 5.14. The highest BCUT2D eigenvalue weighted by Crippen LogP contribution is 2.28. The first kappa shape index (κ1) is 19.3. The van der Waals surface area contributed by atoms with Crippen LogP contribution in [0.3, 0.4) is 0 Å². The van der Waals surface area contributed by atoms with E-state index in [-0.39, 0.29) is 12.5 Å². The predicted octanol–water partition coefficient (Wildman–Crippen LogP) is 2.77. The summed E-state index contributed by atoms with van der Waals surface area (Å²) >= 11 is 1.50. The van der Waals surface area contributed by atoms with Gasteiger partial charge in [0.25, 0.3) is 0 Å². The fraction of sp³-hybridized carbons (Fsp3) is 0.421. The van der Waals surface area contributed by atoms with Crippen LogP contribution < -0.4 is 10.6 Å². The van der Waals surface area contributed by atoms with Gasteiger partial charge in [-0.15, -0.1) is 11.3 Å². The summed E-state index contributed by atoms with van der Waals surface area (Å²) in [6.07, 6.45) is 0.272. The SMILES string of the molecule is CCN1CCc2nc(NC(=O)[C@@H](C)NC(=O)OCc3ccccc3)sc2C1. The van der Waals surface area contributed by atoms with E-state index >= 15 is 0 Å². The lowest BCUT2D eigenvalue weighted by atomic mass is 10.2. The van der Waals surface area contributed by atoms with Crippen LogP contribution in [0.15, 0.2) is 30.3 Å². The summed E-state index contributed by atoms with van der Waals surface area (Å²) in [6, 6.07) is 8.66. The van der Waals surface area contributed by atoms with Crippen LogP contribution in [-0.2, 0) is 29.1 Å². The Kier molecular flexibility index (Phi) is 6.41. The normalized spacial score (nSPS) is 14.9. The molecule has 0 bridgehead atoms. The molecule has 0 saturated carbocycles. The van der Waals surface area contributed by atoms with Gasteiger partial charge in [0.15, 0.2) is 5.13 Å². The second kappa shape index (κ2) is 8.96. The van der Waals surface area contributed by atoms with Gasteiger partial charge in [0.2, 0.25) is 5.91 Å². The van der Waals surface area contributed by atoms with Crippen molar-refractivity contribution in [1.82, 2.24) is 15.2 Å². The summed E-state index contributed by atoms with van der Waals surface area (Å²) in [7, 11) is 0. The molecule has 2 N–H and O–H groups in total. The van der Waals surface area contributed by atoms with Gasteiger partial charge in [-0.2, -0.15) is 0 Å². The zero-order chi connectivity index (χ0) is 19.2. The molecule has 2 amide bonds. The standard InChI is InChI=1S/C19H24N4O3S/c1-3-23-10-9-15-16(11-23)27-18(21-15)22-17(24)13(2)20-19(25)26-12-14-7-5-4-6-8-14/h4-8,13H,3,9-12H2,1-2H3,(H,20,25)(H,21,22,24)/t13-/m1/s1. The highest BCUT2D eigenvalue weighted by molar-refractivity contribution is 7.15. The van der Waals surface area contributed by atoms with E-state index < -0.39 is 12.1 Å². The maximum atomic E-state index is 12.3. The second-order valence-electron chi connectivity index (χ2n) is 6.42. The van der Waals surface area contributed by atoms with Gasteiger partial charge in [0.05, 0.1) is 5.69 Å². The molecule has 0 saturated heterocycles. The Morgan fingerprint density at radius 2 is 2.11 bits per heavy atom. The van der Waals surface area contributed by atoms with E-state index in [1.54, 1.807) is 6.92 Å². The lowest BCUT2D eigenvalue weighted by Gasteiger charge is -2.23. The summed E-state index contributed by atoms with van der Waals surface area (Å²) in [4.78, 5) is 32.3. The minimum atomic E-state index is -0.721. The number of benzene rings is 1. The highest BCUT2D eigenvalue weighted by Gasteiger charge is 2.22. The Morgan fingerprint density at radius 1 is 1.33 bits per heavy atom. The van der Waals surface area contributed by atoms with Gasteiger partial charge in [-0.3, -0.25) is 9.69 Å². The van der Waals surface area contributed by atoms with Crippen molar-refractivity contribution >= 4 is 28.5 Å². The third-order valence-corrected chi connectivity index (χ3v) is 5.43. The number of amides is 2. The molecule has 1 aliphatic heterocycles. The van der Waals surface area contributed by atoms with Crippen LogP contribution in [0.4, 0.5) is 9.93 Å². The molecule has 2 heterocycles. The Morgan fingerprint density at radius 3 is 2.85 bits per heavy atom. The number of nitrogens with one attached hydrogen (secondary N) is 2. The molecule has 2 aromatic rings. The number of ether oxygens (including phenoxy) is 1. The van der Waals surface area contributed by atoms with Crippen molar-refractivity contribution in [3.63, 3.8) is 0 Å². The number of hydrogen-bond donors (Lipinski definition) is 2. The quantitative estimate of drug-likeness (QED) is 0.795. The lowest BCUT2D eigenvalue weighted by molar-refractivity contribution is -0.117. The first-order chi connectivity index (χ1) is 13.0. The van der Waals surface area contributed by atoms with Crippen molar-refractivity contribution in [1.29, 1.82) is 0 Å². The van der Waals surface area contributed by atoms with Gasteiger partial charge in [-0.25, -0.2) is 9.78 Å². The Labute approximate surface area is 162 Å². The van der Waals surface area contributed by atoms with E-state index in [2.05, 4.69) is 27.4 Å². The number of anilines is 1. The molecule has 0 fully saturated rings. The molecule has 0 radical (unpaired) electrons. The van der Waals surface area contributed by atoms with E-state index in [9.17, 15) is 9.59 Å². The molecule has 1 aromatic heterocycles. The van der Waals surface area contributed by atoms with E-state index in [4.69, 9.17) is 4.74 Å². The van der Waals surface area contributed by atoms with Crippen LogP contribution in [0.25, 0.3) is 0 Å². The minimum absolute atomic E-state index is 0.161. The lowest BCUT2D eigenvalue weighted by Crippen LogP contribution is -2.41. The van der Waals surface area contributed by atoms with E-state index in [0.717, 1.165) is 37.3 Å². The van der Waals surface area contributed by atoms with E-state index in [0.29, 0.717) is 5.13 Å². The van der Waals surface area contributed by atoms with Crippen LogP contribution in [0.2, 0.25) is 0 Å². The smallest absolute Gasteiger partial charge is 0.408 e. The van der Waals surface area contributed by atoms with Crippen LogP contribution in [0, 0.1) is 0 Å². The molecule has 144 valence electrons. The molecular formula is C19H24N4O3S. The molecule has 0 spiro atoms. The molecule has 3 rings (SSSR count). The van der Waals surface area contributed by atoms with Gasteiger partial charge >= 0.3 is 6.09 Å². The number of rotatable bonds is 6. The van der Waals surface area contributed by atoms with Crippen molar-refractivity contribution in [2.75, 3.05) is 18.4 Å². The summed E-state index contributed by atoms with van der Waals surface area (Å²) in [5.41, 5.74) is 1.95. The largest absolute Gasteiger partial charge is 0.445 e. The van der Waals surface area contributed by atoms with Crippen LogP contribution in [0.1, 0.15) is 30.0 Å². The Balaban J connectivity index is 1.48. The first-order valence-corrected chi connectivity index (χ1v) is 9.85. The monoisotopic (exact) mass is 388 g/mol. The number of aromatic nitrogens is 1. The maximum Gasteiger partial charge on any atom is 0.408 e. The topological polar surface area (TPSA) is 83.6 Å². The van der Waals surface area contributed by atoms with Gasteiger partial charge in [-0.05, 0) is 19.0 Å². The molecule has 27 heavy (non-hydrogen) atoms. The molecule has 7 nitrogen and oxygen atoms in total.